The van der Waals surface area contributed by atoms with Crippen LogP contribution in [-0.2, 0) is 9.59 Å². The predicted molar refractivity (Wildman–Crippen MR) is 34.4 cm³/mol. The molecule has 2 atom stereocenters. The molecule has 0 spiro atoms. The van der Waals surface area contributed by atoms with Crippen LogP contribution in [0.4, 0.5) is 0 Å². The van der Waals surface area contributed by atoms with Gasteiger partial charge in [0, 0.05) is 0 Å². The van der Waals surface area contributed by atoms with E-state index in [0.717, 1.165) is 0 Å². The molecule has 0 aromatic rings. The van der Waals surface area contributed by atoms with Crippen LogP contribution in [0.15, 0.2) is 0 Å². The molecule has 0 saturated heterocycles. The van der Waals surface area contributed by atoms with Crippen LogP contribution >= 0.6 is 0 Å². The van der Waals surface area contributed by atoms with Gasteiger partial charge in [-0.2, -0.15) is 0 Å². The van der Waals surface area contributed by atoms with Crippen molar-refractivity contribution < 1.29 is 30.0 Å². The van der Waals surface area contributed by atoms with Crippen LogP contribution in [0.25, 0.3) is 0 Å². The van der Waals surface area contributed by atoms with E-state index in [0.29, 0.717) is 0 Å². The molecule has 60 valence electrons. The van der Waals surface area contributed by atoms with Crippen molar-refractivity contribution in [2.24, 2.45) is 0 Å². The molecule has 0 rings (SSSR count). The molecule has 0 heterocycles. The predicted octanol–water partition coefficient (Wildman–Crippen LogP) is -2.77. The molecule has 0 radical (unpaired) electrons. The molecule has 4 N–H and O–H groups in total. The fourth-order valence-corrected chi connectivity index (χ4v) is 0.270. The first-order chi connectivity index (χ1) is 4.46. The zero-order chi connectivity index (χ0) is 8.31. The van der Waals surface area contributed by atoms with Crippen LogP contribution in [0.1, 0.15) is 0 Å². The molecule has 0 aliphatic rings. The Morgan fingerprint density at radius 3 is 1.18 bits per heavy atom. The topological polar surface area (TPSA) is 115 Å². The number of aliphatic hydroxyl groups excluding tert-OH is 2. The second kappa shape index (κ2) is 6.43. The van der Waals surface area contributed by atoms with Gasteiger partial charge in [0.25, 0.3) is 0 Å². The Hall–Kier alpha value is 0.912. The third kappa shape index (κ3) is 5.20. The normalized spacial score (nSPS) is 14.4. The molecule has 2 unspecified atom stereocenters. The molecule has 7 heteroatoms. The SMILES string of the molecule is O=C(O)C(O)C(O)C(=O)O.[CsH]. The van der Waals surface area contributed by atoms with Gasteiger partial charge in [-0.3, -0.25) is 0 Å². The molecule has 6 nitrogen and oxygen atoms in total. The van der Waals surface area contributed by atoms with Gasteiger partial charge < -0.3 is 20.4 Å². The summed E-state index contributed by atoms with van der Waals surface area (Å²) in [5.74, 6) is -3.54. The maximum absolute atomic E-state index is 9.77. The number of rotatable bonds is 3. The first-order valence-corrected chi connectivity index (χ1v) is 2.28. The van der Waals surface area contributed by atoms with Crippen LogP contribution in [0.5, 0.6) is 0 Å². The quantitative estimate of drug-likeness (QED) is 0.446. The van der Waals surface area contributed by atoms with Crippen molar-refractivity contribution in [1.82, 2.24) is 0 Å². The Morgan fingerprint density at radius 1 is 0.909 bits per heavy atom. The fraction of sp³-hybridized carbons (Fsp3) is 0.500. The summed E-state index contributed by atoms with van der Waals surface area (Å²) in [6.45, 7) is 0. The van der Waals surface area contributed by atoms with Crippen molar-refractivity contribution in [1.29, 1.82) is 0 Å². The maximum atomic E-state index is 9.77. The van der Waals surface area contributed by atoms with Crippen molar-refractivity contribution in [3.05, 3.63) is 0 Å². The molecule has 0 fully saturated rings. The number of hydrogen-bond donors (Lipinski definition) is 4. The van der Waals surface area contributed by atoms with Crippen LogP contribution in [0, 0.1) is 0 Å². The van der Waals surface area contributed by atoms with Gasteiger partial charge in [0.1, 0.15) is 0 Å². The van der Waals surface area contributed by atoms with Crippen molar-refractivity contribution in [3.63, 3.8) is 0 Å². The van der Waals surface area contributed by atoms with E-state index in [1.807, 2.05) is 0 Å². The molecule has 0 amide bonds. The second-order valence-electron chi connectivity index (χ2n) is 1.57. The third-order valence-corrected chi connectivity index (χ3v) is 0.805. The summed E-state index contributed by atoms with van der Waals surface area (Å²) in [7, 11) is 0. The Balaban J connectivity index is 0. The summed E-state index contributed by atoms with van der Waals surface area (Å²) in [6.07, 6.45) is -4.53. The van der Waals surface area contributed by atoms with E-state index in [-0.39, 0.29) is 68.9 Å². The van der Waals surface area contributed by atoms with Crippen LogP contribution in [0.3, 0.4) is 0 Å². The molecule has 0 aromatic heterocycles. The number of aliphatic hydroxyl groups is 2. The van der Waals surface area contributed by atoms with E-state index in [1.165, 1.54) is 0 Å². The number of hydrogen-bond acceptors (Lipinski definition) is 4. The minimum atomic E-state index is -2.27. The molecule has 0 bridgehead atoms. The number of carbonyl (C=O) groups is 2. The molecule has 0 aromatic carbocycles. The molecule has 0 aliphatic heterocycles. The van der Waals surface area contributed by atoms with Gasteiger partial charge in [0.2, 0.25) is 0 Å². The van der Waals surface area contributed by atoms with Crippen molar-refractivity contribution in [3.8, 4) is 0 Å². The molecule has 11 heavy (non-hydrogen) atoms. The number of carboxylic acid groups (broad SMARTS) is 2. The van der Waals surface area contributed by atoms with Crippen LogP contribution in [-0.4, -0.2) is 113 Å². The molecular formula is C4H7CsO6. The molecule has 0 aliphatic carbocycles. The van der Waals surface area contributed by atoms with Crippen molar-refractivity contribution in [2.45, 2.75) is 12.2 Å². The summed E-state index contributed by atoms with van der Waals surface area (Å²) >= 11 is 0. The summed E-state index contributed by atoms with van der Waals surface area (Å²) in [5.41, 5.74) is 0. The standard InChI is InChI=1S/C4H6O6.Cs.H/c5-1(3(7)8)2(6)4(9)10;;/h1-2,5-6H,(H,7,8)(H,9,10);;. The zero-order valence-electron chi connectivity index (χ0n) is 4.76. The Labute approximate surface area is 121 Å². The Bertz CT molecular complexity index is 139. The van der Waals surface area contributed by atoms with E-state index < -0.39 is 24.1 Å². The van der Waals surface area contributed by atoms with E-state index in [9.17, 15) is 9.59 Å². The number of carboxylic acids is 2. The first kappa shape index (κ1) is 14.4. The Kier molecular flexibility index (Phi) is 8.44. The average Bonchev–Trinajstić information content (AvgIpc) is 1.84. The van der Waals surface area contributed by atoms with E-state index in [2.05, 4.69) is 0 Å². The van der Waals surface area contributed by atoms with Gasteiger partial charge in [0.15, 0.2) is 12.2 Å². The average molecular weight is 284 g/mol. The molecule has 0 saturated carbocycles. The van der Waals surface area contributed by atoms with Crippen LogP contribution in [0.2, 0.25) is 0 Å². The third-order valence-electron chi connectivity index (χ3n) is 0.805. The van der Waals surface area contributed by atoms with E-state index >= 15 is 0 Å². The molecular weight excluding hydrogens is 277 g/mol. The zero-order valence-corrected chi connectivity index (χ0v) is 4.76. The summed E-state index contributed by atoms with van der Waals surface area (Å²) in [4.78, 5) is 19.5. The fourth-order valence-electron chi connectivity index (χ4n) is 0.270. The Morgan fingerprint density at radius 2 is 1.09 bits per heavy atom. The summed E-state index contributed by atoms with van der Waals surface area (Å²) in [5, 5.41) is 32.5. The summed E-state index contributed by atoms with van der Waals surface area (Å²) < 4.78 is 0. The van der Waals surface area contributed by atoms with Crippen molar-refractivity contribution >= 4 is 80.8 Å². The van der Waals surface area contributed by atoms with Gasteiger partial charge in [-0.1, -0.05) is 0 Å². The van der Waals surface area contributed by atoms with Crippen molar-refractivity contribution in [2.75, 3.05) is 0 Å². The van der Waals surface area contributed by atoms with E-state index in [4.69, 9.17) is 20.4 Å². The van der Waals surface area contributed by atoms with Crippen LogP contribution < -0.4 is 0 Å². The summed E-state index contributed by atoms with van der Waals surface area (Å²) in [6, 6.07) is 0. The monoisotopic (exact) mass is 284 g/mol. The van der Waals surface area contributed by atoms with Gasteiger partial charge in [-0.05, 0) is 0 Å². The van der Waals surface area contributed by atoms with E-state index in [1.54, 1.807) is 0 Å². The minimum absolute atomic E-state index is 0. The van der Waals surface area contributed by atoms with Gasteiger partial charge >= 0.3 is 80.8 Å². The second-order valence-corrected chi connectivity index (χ2v) is 1.57. The van der Waals surface area contributed by atoms with Gasteiger partial charge in [0.05, 0.1) is 0 Å². The number of aliphatic carboxylic acids is 2. The van der Waals surface area contributed by atoms with Gasteiger partial charge in [-0.25, -0.2) is 9.59 Å². The first-order valence-electron chi connectivity index (χ1n) is 2.28. The van der Waals surface area contributed by atoms with Gasteiger partial charge in [-0.15, -0.1) is 0 Å².